The predicted octanol–water partition coefficient (Wildman–Crippen LogP) is 4.73. The van der Waals surface area contributed by atoms with Gasteiger partial charge in [0.1, 0.15) is 5.75 Å². The van der Waals surface area contributed by atoms with E-state index in [4.69, 9.17) is 4.74 Å². The molecule has 0 atom stereocenters. The highest BCUT2D eigenvalue weighted by Gasteiger charge is 2.17. The number of carbonyl (C=O) groups is 2. The molecule has 0 aromatic heterocycles. The first-order valence-corrected chi connectivity index (χ1v) is 12.1. The van der Waals surface area contributed by atoms with Crippen LogP contribution in [-0.4, -0.2) is 27.3 Å². The standard InChI is InChI=1S/C25H27N3O5S/c1-17(2)16-24(29)26-19-10-12-20(13-11-19)27-25(30)18-8-14-21(15-9-18)34(31,32)28-22-6-4-5-7-23(22)33-3/h4-15,17,28H,16H2,1-3H3,(H,26,29)(H,27,30). The maximum absolute atomic E-state index is 12.7. The lowest BCUT2D eigenvalue weighted by Gasteiger charge is -2.12. The molecule has 2 amide bonds. The average Bonchev–Trinajstić information content (AvgIpc) is 2.80. The lowest BCUT2D eigenvalue weighted by molar-refractivity contribution is -0.116. The van der Waals surface area contributed by atoms with Crippen molar-refractivity contribution in [1.82, 2.24) is 0 Å². The van der Waals surface area contributed by atoms with Crippen LogP contribution in [0.1, 0.15) is 30.6 Å². The Morgan fingerprint density at radius 1 is 0.853 bits per heavy atom. The summed E-state index contributed by atoms with van der Waals surface area (Å²) in [4.78, 5) is 24.5. The van der Waals surface area contributed by atoms with Crippen LogP contribution in [0.3, 0.4) is 0 Å². The van der Waals surface area contributed by atoms with Gasteiger partial charge in [0.15, 0.2) is 0 Å². The summed E-state index contributed by atoms with van der Waals surface area (Å²) in [6.45, 7) is 3.94. The van der Waals surface area contributed by atoms with E-state index >= 15 is 0 Å². The summed E-state index contributed by atoms with van der Waals surface area (Å²) in [7, 11) is -2.41. The van der Waals surface area contributed by atoms with Crippen molar-refractivity contribution in [3.63, 3.8) is 0 Å². The summed E-state index contributed by atoms with van der Waals surface area (Å²) in [6.07, 6.45) is 0.429. The van der Waals surface area contributed by atoms with E-state index in [0.29, 0.717) is 34.8 Å². The summed E-state index contributed by atoms with van der Waals surface area (Å²) in [6, 6.07) is 19.0. The number of rotatable bonds is 9. The zero-order valence-corrected chi connectivity index (χ0v) is 20.0. The van der Waals surface area contributed by atoms with Crippen molar-refractivity contribution in [3.05, 3.63) is 78.4 Å². The number of anilines is 3. The predicted molar refractivity (Wildman–Crippen MR) is 133 cm³/mol. The normalized spacial score (nSPS) is 11.1. The molecule has 8 nitrogen and oxygen atoms in total. The van der Waals surface area contributed by atoms with Crippen molar-refractivity contribution >= 4 is 38.9 Å². The number of ether oxygens (including phenoxy) is 1. The molecule has 0 radical (unpaired) electrons. The number of benzene rings is 3. The third kappa shape index (κ3) is 6.58. The second-order valence-corrected chi connectivity index (χ2v) is 9.69. The van der Waals surface area contributed by atoms with E-state index in [9.17, 15) is 18.0 Å². The second kappa shape index (κ2) is 10.8. The zero-order valence-electron chi connectivity index (χ0n) is 19.2. The molecule has 0 aliphatic heterocycles. The average molecular weight is 482 g/mol. The fourth-order valence-electron chi connectivity index (χ4n) is 3.14. The molecular weight excluding hydrogens is 454 g/mol. The van der Waals surface area contributed by atoms with E-state index in [-0.39, 0.29) is 16.7 Å². The molecule has 0 unspecified atom stereocenters. The molecule has 3 N–H and O–H groups in total. The molecule has 178 valence electrons. The van der Waals surface area contributed by atoms with Crippen LogP contribution in [0.25, 0.3) is 0 Å². The molecular formula is C25H27N3O5S. The molecule has 0 aliphatic carbocycles. The van der Waals surface area contributed by atoms with Gasteiger partial charge in [-0.05, 0) is 66.6 Å². The number of methoxy groups -OCH3 is 1. The maximum Gasteiger partial charge on any atom is 0.262 e. The minimum atomic E-state index is -3.87. The van der Waals surface area contributed by atoms with Gasteiger partial charge in [-0.2, -0.15) is 0 Å². The molecule has 9 heteroatoms. The molecule has 3 aromatic carbocycles. The number of sulfonamides is 1. The Kier molecular flexibility index (Phi) is 7.91. The monoisotopic (exact) mass is 481 g/mol. The molecule has 0 fully saturated rings. The molecule has 3 aromatic rings. The zero-order chi connectivity index (χ0) is 24.7. The first-order chi connectivity index (χ1) is 16.2. The smallest absolute Gasteiger partial charge is 0.262 e. The summed E-state index contributed by atoms with van der Waals surface area (Å²) in [5.74, 6) is 0.199. The Labute approximate surface area is 199 Å². The number of hydrogen-bond acceptors (Lipinski definition) is 5. The van der Waals surface area contributed by atoms with E-state index in [1.807, 2.05) is 13.8 Å². The summed E-state index contributed by atoms with van der Waals surface area (Å²) < 4.78 is 33.1. The van der Waals surface area contributed by atoms with Crippen LogP contribution < -0.4 is 20.1 Å². The Hall–Kier alpha value is -3.85. The van der Waals surface area contributed by atoms with Crippen LogP contribution in [0.4, 0.5) is 17.1 Å². The molecule has 0 heterocycles. The van der Waals surface area contributed by atoms with E-state index < -0.39 is 15.9 Å². The lowest BCUT2D eigenvalue weighted by atomic mass is 10.1. The van der Waals surface area contributed by atoms with Crippen molar-refractivity contribution in [2.45, 2.75) is 25.2 Å². The van der Waals surface area contributed by atoms with Gasteiger partial charge >= 0.3 is 0 Å². The molecule has 0 spiro atoms. The van der Waals surface area contributed by atoms with Gasteiger partial charge in [0.2, 0.25) is 5.91 Å². The van der Waals surface area contributed by atoms with E-state index in [1.54, 1.807) is 48.5 Å². The van der Waals surface area contributed by atoms with Crippen LogP contribution >= 0.6 is 0 Å². The quantitative estimate of drug-likeness (QED) is 0.409. The van der Waals surface area contributed by atoms with Gasteiger partial charge in [0.05, 0.1) is 17.7 Å². The van der Waals surface area contributed by atoms with Gasteiger partial charge in [-0.1, -0.05) is 26.0 Å². The van der Waals surface area contributed by atoms with Crippen molar-refractivity contribution in [1.29, 1.82) is 0 Å². The van der Waals surface area contributed by atoms with Crippen molar-refractivity contribution in [3.8, 4) is 5.75 Å². The maximum atomic E-state index is 12.7. The number of nitrogens with one attached hydrogen (secondary N) is 3. The summed E-state index contributed by atoms with van der Waals surface area (Å²) >= 11 is 0. The SMILES string of the molecule is COc1ccccc1NS(=O)(=O)c1ccc(C(=O)Nc2ccc(NC(=O)CC(C)C)cc2)cc1. The van der Waals surface area contributed by atoms with Crippen molar-refractivity contribution < 1.29 is 22.7 Å². The second-order valence-electron chi connectivity index (χ2n) is 8.01. The minimum absolute atomic E-state index is 0.0106. The number of amides is 2. The van der Waals surface area contributed by atoms with Crippen LogP contribution in [-0.2, 0) is 14.8 Å². The Morgan fingerprint density at radius 3 is 2.03 bits per heavy atom. The molecule has 34 heavy (non-hydrogen) atoms. The van der Waals surface area contributed by atoms with Crippen LogP contribution in [0.15, 0.2) is 77.7 Å². The Balaban J connectivity index is 1.64. The fraction of sp³-hybridized carbons (Fsp3) is 0.200. The third-order valence-electron chi connectivity index (χ3n) is 4.80. The van der Waals surface area contributed by atoms with Gasteiger partial charge in [0, 0.05) is 23.4 Å². The number of hydrogen-bond donors (Lipinski definition) is 3. The first-order valence-electron chi connectivity index (χ1n) is 10.6. The molecule has 0 saturated carbocycles. The third-order valence-corrected chi connectivity index (χ3v) is 6.18. The fourth-order valence-corrected chi connectivity index (χ4v) is 4.21. The van der Waals surface area contributed by atoms with Crippen molar-refractivity contribution in [2.75, 3.05) is 22.5 Å². The highest BCUT2D eigenvalue weighted by molar-refractivity contribution is 7.92. The summed E-state index contributed by atoms with van der Waals surface area (Å²) in [5, 5.41) is 5.56. The molecule has 0 saturated heterocycles. The van der Waals surface area contributed by atoms with Crippen LogP contribution in [0, 0.1) is 5.92 Å². The van der Waals surface area contributed by atoms with Gasteiger partial charge in [-0.15, -0.1) is 0 Å². The molecule has 0 bridgehead atoms. The van der Waals surface area contributed by atoms with Crippen LogP contribution in [0.2, 0.25) is 0 Å². The molecule has 0 aliphatic rings. The van der Waals surface area contributed by atoms with Crippen molar-refractivity contribution in [2.24, 2.45) is 5.92 Å². The van der Waals surface area contributed by atoms with E-state index in [0.717, 1.165) is 0 Å². The van der Waals surface area contributed by atoms with Gasteiger partial charge < -0.3 is 15.4 Å². The largest absolute Gasteiger partial charge is 0.495 e. The Bertz CT molecular complexity index is 1250. The molecule has 3 rings (SSSR count). The van der Waals surface area contributed by atoms with Gasteiger partial charge in [0.25, 0.3) is 15.9 Å². The van der Waals surface area contributed by atoms with E-state index in [2.05, 4.69) is 15.4 Å². The highest BCUT2D eigenvalue weighted by atomic mass is 32.2. The highest BCUT2D eigenvalue weighted by Crippen LogP contribution is 2.26. The van der Waals surface area contributed by atoms with E-state index in [1.165, 1.54) is 31.4 Å². The lowest BCUT2D eigenvalue weighted by Crippen LogP contribution is -2.15. The van der Waals surface area contributed by atoms with Gasteiger partial charge in [-0.25, -0.2) is 8.42 Å². The van der Waals surface area contributed by atoms with Crippen LogP contribution in [0.5, 0.6) is 5.75 Å². The summed E-state index contributed by atoms with van der Waals surface area (Å²) in [5.41, 5.74) is 1.79. The minimum Gasteiger partial charge on any atom is -0.495 e. The Morgan fingerprint density at radius 2 is 1.44 bits per heavy atom. The number of para-hydroxylation sites is 2. The number of carbonyl (C=O) groups excluding carboxylic acids is 2. The van der Waals surface area contributed by atoms with Gasteiger partial charge in [-0.3, -0.25) is 14.3 Å². The topological polar surface area (TPSA) is 114 Å². The first kappa shape index (κ1) is 24.8.